The first kappa shape index (κ1) is 43.3. The minimum absolute atomic E-state index is 0.0196. The van der Waals surface area contributed by atoms with Gasteiger partial charge in [-0.25, -0.2) is 0 Å². The van der Waals surface area contributed by atoms with Crippen LogP contribution in [0.2, 0.25) is 0 Å². The molecule has 0 spiro atoms. The van der Waals surface area contributed by atoms with E-state index in [1.54, 1.807) is 5.57 Å². The van der Waals surface area contributed by atoms with Gasteiger partial charge in [0, 0.05) is 43.4 Å². The minimum Gasteiger partial charge on any atom is -0.462 e. The van der Waals surface area contributed by atoms with Crippen LogP contribution >= 0.6 is 0 Å². The molecular formula is C46H83N3O3. The average Bonchev–Trinajstić information content (AvgIpc) is 3.39. The van der Waals surface area contributed by atoms with Gasteiger partial charge >= 0.3 is 5.97 Å². The Hall–Kier alpha value is -1.40. The molecule has 0 heterocycles. The highest BCUT2D eigenvalue weighted by Gasteiger charge is 2.58. The van der Waals surface area contributed by atoms with Crippen molar-refractivity contribution in [3.05, 3.63) is 11.6 Å². The van der Waals surface area contributed by atoms with Crippen molar-refractivity contribution in [3.63, 3.8) is 0 Å². The second-order valence-corrected chi connectivity index (χ2v) is 20.6. The van der Waals surface area contributed by atoms with Crippen molar-refractivity contribution in [2.75, 3.05) is 13.1 Å². The molecule has 7 unspecified atom stereocenters. The standard InChI is InChI=1S/C46H83N3O3/c1-34(2)17-12-13-18-35-22-24-39-38-23-21-36-33-37(25-28-46(36,8)40(38)26-29-45(35,39)7)52-42(51)20-16-19-41(50)49(32-30-44(5,6)48)31-15-11-9-10-14-27-43(3,4)47/h21,34-35,37-40H,9-20,22-33,47-48H2,1-8H3. The van der Waals surface area contributed by atoms with E-state index in [1.807, 2.05) is 18.7 Å². The highest BCUT2D eigenvalue weighted by Crippen LogP contribution is 2.66. The topological polar surface area (TPSA) is 98.7 Å². The number of carbonyl (C=O) groups is 2. The van der Waals surface area contributed by atoms with Gasteiger partial charge in [-0.05, 0) is 145 Å². The summed E-state index contributed by atoms with van der Waals surface area (Å²) < 4.78 is 6.12. The molecule has 0 aromatic heterocycles. The minimum atomic E-state index is -0.314. The van der Waals surface area contributed by atoms with E-state index in [2.05, 4.69) is 47.6 Å². The van der Waals surface area contributed by atoms with Crippen molar-refractivity contribution in [2.45, 2.75) is 214 Å². The first-order valence-electron chi connectivity index (χ1n) is 22.2. The van der Waals surface area contributed by atoms with Crippen LogP contribution in [0.5, 0.6) is 0 Å². The summed E-state index contributed by atoms with van der Waals surface area (Å²) in [5.41, 5.74) is 14.4. The zero-order valence-electron chi connectivity index (χ0n) is 35.3. The largest absolute Gasteiger partial charge is 0.462 e. The predicted molar refractivity (Wildman–Crippen MR) is 218 cm³/mol. The van der Waals surface area contributed by atoms with Gasteiger partial charge in [0.25, 0.3) is 0 Å². The number of carbonyl (C=O) groups excluding carboxylic acids is 2. The Kier molecular flexibility index (Phi) is 15.8. The molecule has 300 valence electrons. The Morgan fingerprint density at radius 1 is 0.827 bits per heavy atom. The number of nitrogens with zero attached hydrogens (tertiary/aromatic N) is 1. The van der Waals surface area contributed by atoms with E-state index in [1.165, 1.54) is 70.6 Å². The lowest BCUT2D eigenvalue weighted by atomic mass is 9.47. The summed E-state index contributed by atoms with van der Waals surface area (Å²) in [5.74, 6) is 4.24. The number of ether oxygens (including phenoxy) is 1. The Labute approximate surface area is 320 Å². The normalized spacial score (nSPS) is 30.4. The van der Waals surface area contributed by atoms with Crippen LogP contribution in [0.3, 0.4) is 0 Å². The molecule has 3 fully saturated rings. The molecule has 6 heteroatoms. The van der Waals surface area contributed by atoms with Gasteiger partial charge in [-0.1, -0.05) is 84.3 Å². The van der Waals surface area contributed by atoms with Crippen LogP contribution in [0, 0.1) is 40.4 Å². The molecule has 0 radical (unpaired) electrons. The van der Waals surface area contributed by atoms with E-state index in [4.69, 9.17) is 16.2 Å². The molecule has 0 saturated heterocycles. The van der Waals surface area contributed by atoms with Gasteiger partial charge in [0.1, 0.15) is 6.10 Å². The van der Waals surface area contributed by atoms with Gasteiger partial charge in [0.2, 0.25) is 5.91 Å². The van der Waals surface area contributed by atoms with Gasteiger partial charge in [-0.3, -0.25) is 9.59 Å². The molecule has 3 saturated carbocycles. The third-order valence-corrected chi connectivity index (χ3v) is 14.5. The van der Waals surface area contributed by atoms with Crippen LogP contribution in [0.25, 0.3) is 0 Å². The number of esters is 1. The number of allylic oxidation sites excluding steroid dienone is 1. The molecule has 52 heavy (non-hydrogen) atoms. The number of amides is 1. The maximum Gasteiger partial charge on any atom is 0.306 e. The van der Waals surface area contributed by atoms with Crippen LogP contribution < -0.4 is 11.5 Å². The Balaban J connectivity index is 1.21. The van der Waals surface area contributed by atoms with Crippen molar-refractivity contribution < 1.29 is 14.3 Å². The molecule has 7 atom stereocenters. The zero-order chi connectivity index (χ0) is 38.2. The summed E-state index contributed by atoms with van der Waals surface area (Å²) in [6, 6.07) is 0. The number of hydrogen-bond donors (Lipinski definition) is 2. The van der Waals surface area contributed by atoms with Crippen molar-refractivity contribution in [3.8, 4) is 0 Å². The fraction of sp³-hybridized carbons (Fsp3) is 0.913. The fourth-order valence-corrected chi connectivity index (χ4v) is 11.2. The van der Waals surface area contributed by atoms with E-state index < -0.39 is 0 Å². The number of unbranched alkanes of at least 4 members (excludes halogenated alkanes) is 5. The third-order valence-electron chi connectivity index (χ3n) is 14.5. The molecule has 4 aliphatic rings. The molecule has 1 amide bonds. The summed E-state index contributed by atoms with van der Waals surface area (Å²) in [6.45, 7) is 19.6. The van der Waals surface area contributed by atoms with Gasteiger partial charge < -0.3 is 21.1 Å². The van der Waals surface area contributed by atoms with Gasteiger partial charge in [-0.2, -0.15) is 0 Å². The lowest BCUT2D eigenvalue weighted by molar-refractivity contribution is -0.151. The quantitative estimate of drug-likeness (QED) is 0.0697. The fourth-order valence-electron chi connectivity index (χ4n) is 11.2. The second-order valence-electron chi connectivity index (χ2n) is 20.6. The van der Waals surface area contributed by atoms with Gasteiger partial charge in [0.15, 0.2) is 0 Å². The van der Waals surface area contributed by atoms with Gasteiger partial charge in [0.05, 0.1) is 0 Å². The molecule has 6 nitrogen and oxygen atoms in total. The summed E-state index contributed by atoms with van der Waals surface area (Å²) in [6.07, 6.45) is 26.8. The van der Waals surface area contributed by atoms with E-state index in [-0.39, 0.29) is 34.5 Å². The summed E-state index contributed by atoms with van der Waals surface area (Å²) in [5, 5.41) is 0. The summed E-state index contributed by atoms with van der Waals surface area (Å²) >= 11 is 0. The Morgan fingerprint density at radius 3 is 2.25 bits per heavy atom. The molecule has 0 aliphatic heterocycles. The second kappa shape index (κ2) is 19.0. The van der Waals surface area contributed by atoms with Crippen LogP contribution in [0.1, 0.15) is 197 Å². The van der Waals surface area contributed by atoms with E-state index in [0.29, 0.717) is 31.2 Å². The predicted octanol–water partition coefficient (Wildman–Crippen LogP) is 10.9. The first-order valence-corrected chi connectivity index (χ1v) is 22.2. The van der Waals surface area contributed by atoms with E-state index in [9.17, 15) is 9.59 Å². The smallest absolute Gasteiger partial charge is 0.306 e. The number of hydrogen-bond acceptors (Lipinski definition) is 5. The molecule has 0 bridgehead atoms. The first-order chi connectivity index (χ1) is 24.4. The molecule has 4 rings (SSSR count). The Morgan fingerprint density at radius 2 is 1.54 bits per heavy atom. The lowest BCUT2D eigenvalue weighted by Crippen LogP contribution is -2.50. The highest BCUT2D eigenvalue weighted by molar-refractivity contribution is 5.77. The summed E-state index contributed by atoms with van der Waals surface area (Å²) in [4.78, 5) is 28.4. The number of nitrogens with two attached hydrogens (primary N) is 2. The zero-order valence-corrected chi connectivity index (χ0v) is 35.3. The van der Waals surface area contributed by atoms with Crippen LogP contribution in [-0.2, 0) is 14.3 Å². The maximum atomic E-state index is 13.3. The SMILES string of the molecule is CC(C)CCCCC1CCC2C3CC=C4CC(OC(=O)CCCC(=O)N(CCCCCCCC(C)(C)N)CCC(C)(C)N)CCC4(C)C3CCC12C. The van der Waals surface area contributed by atoms with Crippen molar-refractivity contribution in [1.82, 2.24) is 4.90 Å². The van der Waals surface area contributed by atoms with Crippen LogP contribution in [0.4, 0.5) is 0 Å². The number of rotatable bonds is 21. The Bertz CT molecular complexity index is 1170. The molecule has 4 N–H and O–H groups in total. The summed E-state index contributed by atoms with van der Waals surface area (Å²) in [7, 11) is 0. The lowest BCUT2D eigenvalue weighted by Gasteiger charge is -2.58. The van der Waals surface area contributed by atoms with Crippen LogP contribution in [-0.4, -0.2) is 47.0 Å². The maximum absolute atomic E-state index is 13.3. The average molecular weight is 726 g/mol. The van der Waals surface area contributed by atoms with Crippen molar-refractivity contribution in [1.29, 1.82) is 0 Å². The van der Waals surface area contributed by atoms with E-state index >= 15 is 0 Å². The number of fused-ring (bicyclic) bond motifs is 5. The molecular weight excluding hydrogens is 643 g/mol. The van der Waals surface area contributed by atoms with Crippen molar-refractivity contribution >= 4 is 11.9 Å². The molecule has 4 aliphatic carbocycles. The monoisotopic (exact) mass is 726 g/mol. The third kappa shape index (κ3) is 12.3. The van der Waals surface area contributed by atoms with Crippen LogP contribution in [0.15, 0.2) is 11.6 Å². The van der Waals surface area contributed by atoms with Gasteiger partial charge in [-0.15, -0.1) is 0 Å². The van der Waals surface area contributed by atoms with E-state index in [0.717, 1.165) is 87.5 Å². The molecule has 0 aromatic carbocycles. The highest BCUT2D eigenvalue weighted by atomic mass is 16.5. The van der Waals surface area contributed by atoms with Crippen molar-refractivity contribution in [2.24, 2.45) is 51.9 Å². The molecule has 0 aromatic rings.